The number of rotatable bonds is 5. The third-order valence-electron chi connectivity index (χ3n) is 8.46. The van der Waals surface area contributed by atoms with Crippen molar-refractivity contribution in [1.29, 1.82) is 0 Å². The van der Waals surface area contributed by atoms with E-state index in [1.165, 1.54) is 12.8 Å². The van der Waals surface area contributed by atoms with Gasteiger partial charge in [-0.3, -0.25) is 4.79 Å². The molecule has 5 rings (SSSR count). The maximum atomic E-state index is 12.8. The smallest absolute Gasteiger partial charge is 0.311 e. The molecule has 0 aromatic heterocycles. The zero-order valence-corrected chi connectivity index (χ0v) is 18.1. The highest BCUT2D eigenvalue weighted by Gasteiger charge is 2.78. The van der Waals surface area contributed by atoms with Crippen LogP contribution in [0.3, 0.4) is 0 Å². The lowest BCUT2D eigenvalue weighted by Crippen LogP contribution is -2.54. The van der Waals surface area contributed by atoms with Gasteiger partial charge < -0.3 is 24.6 Å². The topological polar surface area (TPSA) is 82.5 Å². The minimum Gasteiger partial charge on any atom is -0.508 e. The van der Waals surface area contributed by atoms with Gasteiger partial charge >= 0.3 is 5.97 Å². The van der Waals surface area contributed by atoms with Crippen molar-refractivity contribution in [2.45, 2.75) is 63.4 Å². The molecule has 2 aliphatic heterocycles. The molecular formula is C24H33NO5. The number of phenolic OH excluding ortho intramolecular Hbond substituents is 1. The first kappa shape index (κ1) is 20.3. The first-order valence-corrected chi connectivity index (χ1v) is 11.3. The largest absolute Gasteiger partial charge is 0.508 e. The van der Waals surface area contributed by atoms with E-state index in [0.717, 1.165) is 18.4 Å². The van der Waals surface area contributed by atoms with Crippen molar-refractivity contribution in [1.82, 2.24) is 4.90 Å². The second-order valence-corrected chi connectivity index (χ2v) is 10.4. The number of carbonyl (C=O) groups excluding carboxylic acids is 1. The molecule has 1 spiro atoms. The molecule has 1 aromatic rings. The molecule has 0 radical (unpaired) electrons. The lowest BCUT2D eigenvalue weighted by Gasteiger charge is -2.49. The standard InChI is InChI=1S/C24H33NO5/c1-14-5-4-10-23(2)11-19-20(21-24(14,23)30-21)17(22(28)29-19)12-25(3)13-18(27)15-6-8-16(26)9-7-15/h6-9,14,17-21,26-27H,4-5,10-13H2,1-3H3/t14-,17-,18+,19-,20+,21+,23+,24-/m1/s1. The van der Waals surface area contributed by atoms with Gasteiger partial charge in [-0.15, -0.1) is 0 Å². The zero-order chi connectivity index (χ0) is 21.3. The molecule has 4 aliphatic rings. The lowest BCUT2D eigenvalue weighted by atomic mass is 9.53. The average Bonchev–Trinajstić information content (AvgIpc) is 3.37. The van der Waals surface area contributed by atoms with Crippen LogP contribution in [0.4, 0.5) is 0 Å². The quantitative estimate of drug-likeness (QED) is 0.568. The van der Waals surface area contributed by atoms with Crippen LogP contribution in [0.2, 0.25) is 0 Å². The number of benzene rings is 1. The number of phenols is 1. The van der Waals surface area contributed by atoms with E-state index in [-0.39, 0.29) is 46.8 Å². The highest BCUT2D eigenvalue weighted by molar-refractivity contribution is 5.76. The Morgan fingerprint density at radius 2 is 2.03 bits per heavy atom. The van der Waals surface area contributed by atoms with Crippen molar-refractivity contribution in [2.24, 2.45) is 23.2 Å². The van der Waals surface area contributed by atoms with Crippen LogP contribution in [-0.4, -0.2) is 59.0 Å². The number of nitrogens with zero attached hydrogens (tertiary/aromatic N) is 1. The fourth-order valence-corrected chi connectivity index (χ4v) is 6.95. The summed E-state index contributed by atoms with van der Waals surface area (Å²) in [6.07, 6.45) is 3.86. The van der Waals surface area contributed by atoms with Crippen molar-refractivity contribution >= 4 is 5.97 Å². The van der Waals surface area contributed by atoms with Crippen LogP contribution in [0, 0.1) is 23.2 Å². The number of carbonyl (C=O) groups is 1. The molecule has 2 N–H and O–H groups in total. The number of hydrogen-bond acceptors (Lipinski definition) is 6. The van der Waals surface area contributed by atoms with Gasteiger partial charge in [0.25, 0.3) is 0 Å². The Balaban J connectivity index is 1.29. The number of hydrogen-bond donors (Lipinski definition) is 2. The van der Waals surface area contributed by atoms with Gasteiger partial charge in [-0.05, 0) is 49.9 Å². The Hall–Kier alpha value is -1.63. The first-order valence-electron chi connectivity index (χ1n) is 11.3. The SMILES string of the molecule is C[C@@H]1CCC[C@@]2(C)C[C@H]3OC(=O)[C@H](CN(C)C[C@H](O)c4ccc(O)cc4)[C@@H]3[C@@H]3O[C@]132. The predicted molar refractivity (Wildman–Crippen MR) is 111 cm³/mol. The molecule has 2 saturated heterocycles. The lowest BCUT2D eigenvalue weighted by molar-refractivity contribution is -0.146. The number of ether oxygens (including phenoxy) is 2. The van der Waals surface area contributed by atoms with Crippen LogP contribution in [0.1, 0.15) is 51.2 Å². The molecule has 1 aromatic carbocycles. The van der Waals surface area contributed by atoms with Crippen molar-refractivity contribution in [3.05, 3.63) is 29.8 Å². The van der Waals surface area contributed by atoms with Crippen molar-refractivity contribution in [2.75, 3.05) is 20.1 Å². The molecule has 8 atom stereocenters. The summed E-state index contributed by atoms with van der Waals surface area (Å²) in [6.45, 7) is 5.61. The van der Waals surface area contributed by atoms with Gasteiger partial charge in [0.15, 0.2) is 0 Å². The van der Waals surface area contributed by atoms with Crippen LogP contribution >= 0.6 is 0 Å². The van der Waals surface area contributed by atoms with E-state index in [2.05, 4.69) is 13.8 Å². The summed E-state index contributed by atoms with van der Waals surface area (Å²) in [5.74, 6) is 0.484. The maximum Gasteiger partial charge on any atom is 0.311 e. The monoisotopic (exact) mass is 415 g/mol. The summed E-state index contributed by atoms with van der Waals surface area (Å²) in [6, 6.07) is 6.60. The van der Waals surface area contributed by atoms with Crippen LogP contribution < -0.4 is 0 Å². The Bertz CT molecular complexity index is 827. The summed E-state index contributed by atoms with van der Waals surface area (Å²) in [5, 5.41) is 20.0. The van der Waals surface area contributed by atoms with E-state index in [0.29, 0.717) is 19.0 Å². The summed E-state index contributed by atoms with van der Waals surface area (Å²) in [5.41, 5.74) is 0.774. The third-order valence-corrected chi connectivity index (χ3v) is 8.46. The predicted octanol–water partition coefficient (Wildman–Crippen LogP) is 2.88. The molecule has 0 unspecified atom stereocenters. The van der Waals surface area contributed by atoms with E-state index in [4.69, 9.17) is 9.47 Å². The average molecular weight is 416 g/mol. The summed E-state index contributed by atoms with van der Waals surface area (Å²) in [4.78, 5) is 14.8. The van der Waals surface area contributed by atoms with Crippen LogP contribution in [0.25, 0.3) is 0 Å². The van der Waals surface area contributed by atoms with Crippen molar-refractivity contribution < 1.29 is 24.5 Å². The number of esters is 1. The molecule has 0 bridgehead atoms. The van der Waals surface area contributed by atoms with E-state index in [1.807, 2.05) is 11.9 Å². The summed E-state index contributed by atoms with van der Waals surface area (Å²) >= 11 is 0. The van der Waals surface area contributed by atoms with Crippen LogP contribution in [0.15, 0.2) is 24.3 Å². The number of epoxide rings is 1. The van der Waals surface area contributed by atoms with Gasteiger partial charge in [-0.2, -0.15) is 0 Å². The Labute approximate surface area is 178 Å². The fourth-order valence-electron chi connectivity index (χ4n) is 6.95. The van der Waals surface area contributed by atoms with Crippen molar-refractivity contribution in [3.63, 3.8) is 0 Å². The fraction of sp³-hybridized carbons (Fsp3) is 0.708. The number of aromatic hydroxyl groups is 1. The van der Waals surface area contributed by atoms with E-state index >= 15 is 0 Å². The van der Waals surface area contributed by atoms with Crippen LogP contribution in [0.5, 0.6) is 5.75 Å². The second kappa shape index (κ2) is 6.94. The number of aliphatic hydroxyl groups excluding tert-OH is 1. The van der Waals surface area contributed by atoms with Gasteiger partial charge in [0.1, 0.15) is 17.5 Å². The molecule has 2 aliphatic carbocycles. The Kier molecular flexibility index (Phi) is 4.69. The second-order valence-electron chi connectivity index (χ2n) is 10.4. The number of fused-ring (bicyclic) bond motifs is 2. The zero-order valence-electron chi connectivity index (χ0n) is 18.1. The Morgan fingerprint density at radius 1 is 1.30 bits per heavy atom. The van der Waals surface area contributed by atoms with Gasteiger partial charge in [0.2, 0.25) is 0 Å². The Morgan fingerprint density at radius 3 is 2.77 bits per heavy atom. The molecule has 6 heteroatoms. The van der Waals surface area contributed by atoms with Gasteiger partial charge in [-0.1, -0.05) is 32.4 Å². The highest BCUT2D eigenvalue weighted by atomic mass is 16.6. The molecule has 164 valence electrons. The number of likely N-dealkylation sites (N-methyl/N-ethyl adjacent to an activating group) is 1. The minimum atomic E-state index is -0.680. The molecule has 30 heavy (non-hydrogen) atoms. The number of aliphatic hydroxyl groups is 1. The summed E-state index contributed by atoms with van der Waals surface area (Å²) < 4.78 is 12.4. The van der Waals surface area contributed by atoms with E-state index in [9.17, 15) is 15.0 Å². The molecule has 2 heterocycles. The third kappa shape index (κ3) is 2.91. The van der Waals surface area contributed by atoms with Gasteiger partial charge in [0.05, 0.1) is 18.1 Å². The van der Waals surface area contributed by atoms with Gasteiger partial charge in [0, 0.05) is 24.4 Å². The normalized spacial score (nSPS) is 42.8. The first-order chi connectivity index (χ1) is 14.2. The van der Waals surface area contributed by atoms with Gasteiger partial charge in [-0.25, -0.2) is 0 Å². The summed E-state index contributed by atoms with van der Waals surface area (Å²) in [7, 11) is 1.93. The highest BCUT2D eigenvalue weighted by Crippen LogP contribution is 2.70. The van der Waals surface area contributed by atoms with E-state index in [1.54, 1.807) is 24.3 Å². The molecular weight excluding hydrogens is 382 g/mol. The maximum absolute atomic E-state index is 12.8. The van der Waals surface area contributed by atoms with Crippen molar-refractivity contribution in [3.8, 4) is 5.75 Å². The minimum absolute atomic E-state index is 0.0474. The molecule has 4 fully saturated rings. The van der Waals surface area contributed by atoms with E-state index < -0.39 is 6.10 Å². The molecule has 0 amide bonds. The van der Waals surface area contributed by atoms with Crippen LogP contribution in [-0.2, 0) is 14.3 Å². The molecule has 2 saturated carbocycles. The molecule has 6 nitrogen and oxygen atoms in total.